The Bertz CT molecular complexity index is 492. The van der Waals surface area contributed by atoms with Crippen molar-refractivity contribution < 1.29 is 19.4 Å². The van der Waals surface area contributed by atoms with Gasteiger partial charge in [-0.05, 0) is 31.0 Å². The number of benzene rings is 1. The van der Waals surface area contributed by atoms with E-state index in [-0.39, 0.29) is 23.4 Å². The van der Waals surface area contributed by atoms with Crippen LogP contribution >= 0.6 is 0 Å². The number of aromatic carboxylic acids is 1. The number of hydrogen-bond donors (Lipinski definition) is 2. The number of rotatable bonds is 4. The molecular weight excluding hydrogens is 246 g/mol. The fraction of sp³-hybridized carbons (Fsp3) is 0.429. The number of ether oxygens (including phenoxy) is 1. The van der Waals surface area contributed by atoms with Gasteiger partial charge in [0.15, 0.2) is 0 Å². The predicted octanol–water partition coefficient (Wildman–Crippen LogP) is 1.22. The number of nitrogens with one attached hydrogen (secondary N) is 1. The highest BCUT2D eigenvalue weighted by Gasteiger charge is 2.31. The lowest BCUT2D eigenvalue weighted by Gasteiger charge is -2.23. The van der Waals surface area contributed by atoms with E-state index in [0.717, 1.165) is 6.42 Å². The van der Waals surface area contributed by atoms with Crippen molar-refractivity contribution in [3.63, 3.8) is 0 Å². The average molecular weight is 263 g/mol. The Labute approximate surface area is 111 Å². The highest BCUT2D eigenvalue weighted by atomic mass is 16.5. The van der Waals surface area contributed by atoms with Crippen LogP contribution in [-0.4, -0.2) is 35.7 Å². The molecule has 1 atom stereocenters. The summed E-state index contributed by atoms with van der Waals surface area (Å²) < 4.78 is 5.27. The zero-order valence-electron chi connectivity index (χ0n) is 10.8. The van der Waals surface area contributed by atoms with Crippen LogP contribution in [0.15, 0.2) is 24.3 Å². The molecule has 5 nitrogen and oxygen atoms in total. The standard InChI is InChI=1S/C14H17NO4/c1-14(5-6-19-9-14)15-12(16)8-10-3-2-4-11(7-10)13(17)18/h2-4,7H,5-6,8-9H2,1H3,(H,15,16)(H,17,18). The summed E-state index contributed by atoms with van der Waals surface area (Å²) in [6.07, 6.45) is 0.977. The fourth-order valence-electron chi connectivity index (χ4n) is 2.15. The first-order valence-corrected chi connectivity index (χ1v) is 6.19. The van der Waals surface area contributed by atoms with Crippen LogP contribution in [-0.2, 0) is 16.0 Å². The topological polar surface area (TPSA) is 75.6 Å². The van der Waals surface area contributed by atoms with Crippen LogP contribution in [0.5, 0.6) is 0 Å². The van der Waals surface area contributed by atoms with Gasteiger partial charge >= 0.3 is 5.97 Å². The van der Waals surface area contributed by atoms with E-state index in [1.165, 1.54) is 12.1 Å². The molecule has 102 valence electrons. The lowest BCUT2D eigenvalue weighted by atomic mass is 10.0. The van der Waals surface area contributed by atoms with E-state index < -0.39 is 5.97 Å². The summed E-state index contributed by atoms with van der Waals surface area (Å²) in [4.78, 5) is 22.8. The molecule has 0 bridgehead atoms. The Morgan fingerprint density at radius 2 is 2.26 bits per heavy atom. The third-order valence-electron chi connectivity index (χ3n) is 3.20. The maximum Gasteiger partial charge on any atom is 0.335 e. The minimum absolute atomic E-state index is 0.115. The lowest BCUT2D eigenvalue weighted by Crippen LogP contribution is -2.47. The zero-order valence-corrected chi connectivity index (χ0v) is 10.8. The highest BCUT2D eigenvalue weighted by molar-refractivity contribution is 5.88. The fourth-order valence-corrected chi connectivity index (χ4v) is 2.15. The Morgan fingerprint density at radius 3 is 2.89 bits per heavy atom. The maximum absolute atomic E-state index is 11.9. The number of carbonyl (C=O) groups is 2. The van der Waals surface area contributed by atoms with E-state index in [4.69, 9.17) is 9.84 Å². The molecule has 1 saturated heterocycles. The number of carboxylic acids is 1. The number of amides is 1. The van der Waals surface area contributed by atoms with Crippen LogP contribution in [0, 0.1) is 0 Å². The molecule has 1 aromatic carbocycles. The number of hydrogen-bond acceptors (Lipinski definition) is 3. The van der Waals surface area contributed by atoms with Crippen molar-refractivity contribution in [1.29, 1.82) is 0 Å². The van der Waals surface area contributed by atoms with E-state index >= 15 is 0 Å². The number of carbonyl (C=O) groups excluding carboxylic acids is 1. The molecule has 0 saturated carbocycles. The van der Waals surface area contributed by atoms with Gasteiger partial charge in [0.2, 0.25) is 5.91 Å². The molecule has 1 amide bonds. The van der Waals surface area contributed by atoms with Crippen molar-refractivity contribution in [2.75, 3.05) is 13.2 Å². The molecule has 1 aromatic rings. The van der Waals surface area contributed by atoms with Crippen molar-refractivity contribution in [2.45, 2.75) is 25.3 Å². The maximum atomic E-state index is 11.9. The summed E-state index contributed by atoms with van der Waals surface area (Å²) in [6, 6.07) is 6.43. The summed E-state index contributed by atoms with van der Waals surface area (Å²) in [5, 5.41) is 11.8. The molecule has 1 fully saturated rings. The normalized spacial score (nSPS) is 22.2. The van der Waals surface area contributed by atoms with Crippen LogP contribution in [0.1, 0.15) is 29.3 Å². The van der Waals surface area contributed by atoms with Gasteiger partial charge in [-0.3, -0.25) is 4.79 Å². The van der Waals surface area contributed by atoms with Crippen LogP contribution in [0.3, 0.4) is 0 Å². The minimum atomic E-state index is -0.988. The van der Waals surface area contributed by atoms with E-state index in [9.17, 15) is 9.59 Å². The zero-order chi connectivity index (χ0) is 13.9. The van der Waals surface area contributed by atoms with Crippen LogP contribution in [0.2, 0.25) is 0 Å². The van der Waals surface area contributed by atoms with Gasteiger partial charge in [0, 0.05) is 6.61 Å². The van der Waals surface area contributed by atoms with Gasteiger partial charge in [0.1, 0.15) is 0 Å². The molecule has 0 spiro atoms. The quantitative estimate of drug-likeness (QED) is 0.856. The third kappa shape index (κ3) is 3.54. The summed E-state index contributed by atoms with van der Waals surface area (Å²) in [6.45, 7) is 3.13. The van der Waals surface area contributed by atoms with E-state index in [0.29, 0.717) is 18.8 Å². The highest BCUT2D eigenvalue weighted by Crippen LogP contribution is 2.17. The molecule has 1 aliphatic heterocycles. The summed E-state index contributed by atoms with van der Waals surface area (Å²) >= 11 is 0. The van der Waals surface area contributed by atoms with Gasteiger partial charge < -0.3 is 15.2 Å². The second-order valence-electron chi connectivity index (χ2n) is 5.09. The minimum Gasteiger partial charge on any atom is -0.478 e. The molecule has 19 heavy (non-hydrogen) atoms. The van der Waals surface area contributed by atoms with Gasteiger partial charge in [-0.15, -0.1) is 0 Å². The molecule has 2 rings (SSSR count). The van der Waals surface area contributed by atoms with Gasteiger partial charge in [-0.25, -0.2) is 4.79 Å². The molecular formula is C14H17NO4. The second-order valence-corrected chi connectivity index (χ2v) is 5.09. The molecule has 1 unspecified atom stereocenters. The summed E-state index contributed by atoms with van der Waals surface area (Å²) in [5.74, 6) is -1.10. The molecule has 0 radical (unpaired) electrons. The first kappa shape index (κ1) is 13.5. The third-order valence-corrected chi connectivity index (χ3v) is 3.20. The molecule has 0 aliphatic carbocycles. The van der Waals surface area contributed by atoms with Crippen molar-refractivity contribution in [3.8, 4) is 0 Å². The van der Waals surface area contributed by atoms with Gasteiger partial charge in [0.25, 0.3) is 0 Å². The first-order chi connectivity index (χ1) is 8.98. The molecule has 2 N–H and O–H groups in total. The summed E-state index contributed by atoms with van der Waals surface area (Å²) in [7, 11) is 0. The first-order valence-electron chi connectivity index (χ1n) is 6.19. The summed E-state index contributed by atoms with van der Waals surface area (Å²) in [5.41, 5.74) is 0.585. The van der Waals surface area contributed by atoms with Gasteiger partial charge in [-0.1, -0.05) is 12.1 Å². The SMILES string of the molecule is CC1(NC(=O)Cc2cccc(C(=O)O)c2)CCOC1. The molecule has 0 aromatic heterocycles. The molecule has 1 aliphatic rings. The van der Waals surface area contributed by atoms with Crippen LogP contribution in [0.4, 0.5) is 0 Å². The average Bonchev–Trinajstić information content (AvgIpc) is 2.75. The number of carboxylic acid groups (broad SMARTS) is 1. The molecule has 1 heterocycles. The van der Waals surface area contributed by atoms with Crippen molar-refractivity contribution >= 4 is 11.9 Å². The van der Waals surface area contributed by atoms with E-state index in [2.05, 4.69) is 5.32 Å². The Hall–Kier alpha value is -1.88. The second kappa shape index (κ2) is 5.40. The monoisotopic (exact) mass is 263 g/mol. The smallest absolute Gasteiger partial charge is 0.335 e. The van der Waals surface area contributed by atoms with Gasteiger partial charge in [-0.2, -0.15) is 0 Å². The van der Waals surface area contributed by atoms with E-state index in [1.54, 1.807) is 12.1 Å². The lowest BCUT2D eigenvalue weighted by molar-refractivity contribution is -0.122. The van der Waals surface area contributed by atoms with E-state index in [1.807, 2.05) is 6.92 Å². The van der Waals surface area contributed by atoms with Crippen LogP contribution in [0.25, 0.3) is 0 Å². The largest absolute Gasteiger partial charge is 0.478 e. The predicted molar refractivity (Wildman–Crippen MR) is 69.1 cm³/mol. The van der Waals surface area contributed by atoms with Crippen molar-refractivity contribution in [3.05, 3.63) is 35.4 Å². The van der Waals surface area contributed by atoms with Crippen molar-refractivity contribution in [1.82, 2.24) is 5.32 Å². The Kier molecular flexibility index (Phi) is 3.85. The van der Waals surface area contributed by atoms with Crippen molar-refractivity contribution in [2.24, 2.45) is 0 Å². The molecule has 5 heteroatoms. The Balaban J connectivity index is 1.98. The Morgan fingerprint density at radius 1 is 1.47 bits per heavy atom. The van der Waals surface area contributed by atoms with Gasteiger partial charge in [0.05, 0.1) is 24.1 Å². The van der Waals surface area contributed by atoms with Crippen LogP contribution < -0.4 is 5.32 Å².